The van der Waals surface area contributed by atoms with Crippen molar-refractivity contribution < 1.29 is 5.82 Å². The van der Waals surface area contributed by atoms with Crippen molar-refractivity contribution in [3.05, 3.63) is 58.6 Å². The number of nitrogens with one attached hydrogen (secondary N) is 2. The Kier molecular flexibility index (Phi) is 4.00. The number of aromatic nitrogens is 5. The molecule has 0 fully saturated rings. The maximum atomic E-state index is 13.5. The third-order valence-corrected chi connectivity index (χ3v) is 4.45. The Balaban J connectivity index is 0.00000210. The second-order valence-electron chi connectivity index (χ2n) is 5.83. The van der Waals surface area contributed by atoms with E-state index in [4.69, 9.17) is 11.6 Å². The third kappa shape index (κ3) is 2.86. The molecule has 8 heteroatoms. The van der Waals surface area contributed by atoms with Gasteiger partial charge in [0.05, 0.1) is 16.6 Å². The van der Waals surface area contributed by atoms with Gasteiger partial charge >= 0.3 is 0 Å². The fourth-order valence-electron chi connectivity index (χ4n) is 2.60. The summed E-state index contributed by atoms with van der Waals surface area (Å²) in [6.45, 7) is 3.81. The van der Waals surface area contributed by atoms with Gasteiger partial charge in [0.15, 0.2) is 11.5 Å². The van der Waals surface area contributed by atoms with E-state index in [1.54, 1.807) is 6.07 Å². The molecule has 6 nitrogen and oxygen atoms in total. The molecule has 0 unspecified atom stereocenters. The van der Waals surface area contributed by atoms with Crippen LogP contribution in [-0.4, -0.2) is 25.1 Å². The molecule has 4 aromatic rings. The molecule has 1 aromatic carbocycles. The molecule has 3 aromatic heterocycles. The molecule has 0 spiro atoms. The standard InChI is InChI=1S/C18H14ClFN6.H2/c1-9-10(2)22-17(12-5-3-4-6-14(12)19)23-15(9)24-18-13-7-11(20)8-21-16(13)25-26-18;/h3-8H,1-2H3,(H2,21,22,23,24,25,26);1H. The lowest BCUT2D eigenvalue weighted by atomic mass is 10.2. The largest absolute Gasteiger partial charge is 0.324 e. The minimum atomic E-state index is -0.436. The van der Waals surface area contributed by atoms with Crippen LogP contribution < -0.4 is 5.32 Å². The number of nitrogens with zero attached hydrogens (tertiary/aromatic N) is 4. The first-order valence-electron chi connectivity index (χ1n) is 7.89. The lowest BCUT2D eigenvalue weighted by Crippen LogP contribution is -2.04. The molecule has 26 heavy (non-hydrogen) atoms. The molecule has 3 heterocycles. The van der Waals surface area contributed by atoms with Crippen LogP contribution in [0.1, 0.15) is 12.7 Å². The fraction of sp³-hybridized carbons (Fsp3) is 0.111. The quantitative estimate of drug-likeness (QED) is 0.540. The van der Waals surface area contributed by atoms with Gasteiger partial charge in [-0.15, -0.1) is 0 Å². The van der Waals surface area contributed by atoms with Crippen LogP contribution in [0.4, 0.5) is 16.0 Å². The van der Waals surface area contributed by atoms with E-state index in [0.29, 0.717) is 33.5 Å². The SMILES string of the molecule is Cc1nc(-c2ccccc2Cl)nc(Nc2[nH]nc3ncc(F)cc23)c1C.[HH]. The number of anilines is 2. The molecule has 0 aliphatic rings. The summed E-state index contributed by atoms with van der Waals surface area (Å²) < 4.78 is 13.5. The predicted octanol–water partition coefficient (Wildman–Crippen LogP) is 4.81. The average Bonchev–Trinajstić information content (AvgIpc) is 3.01. The number of hydrogen-bond donors (Lipinski definition) is 2. The number of fused-ring (bicyclic) bond motifs is 1. The summed E-state index contributed by atoms with van der Waals surface area (Å²) >= 11 is 6.28. The molecule has 4 rings (SSSR count). The molecule has 0 aliphatic carbocycles. The van der Waals surface area contributed by atoms with Crippen molar-refractivity contribution in [2.75, 3.05) is 5.32 Å². The predicted molar refractivity (Wildman–Crippen MR) is 101 cm³/mol. The normalized spacial score (nSPS) is 11.1. The molecule has 0 aliphatic heterocycles. The van der Waals surface area contributed by atoms with Crippen molar-refractivity contribution >= 4 is 34.3 Å². The van der Waals surface area contributed by atoms with Crippen LogP contribution in [0.2, 0.25) is 5.02 Å². The van der Waals surface area contributed by atoms with E-state index in [-0.39, 0.29) is 1.43 Å². The lowest BCUT2D eigenvalue weighted by Gasteiger charge is -2.12. The van der Waals surface area contributed by atoms with E-state index < -0.39 is 5.82 Å². The van der Waals surface area contributed by atoms with E-state index in [0.717, 1.165) is 23.0 Å². The van der Waals surface area contributed by atoms with Crippen molar-refractivity contribution in [2.24, 2.45) is 0 Å². The van der Waals surface area contributed by atoms with Gasteiger partial charge in [-0.2, -0.15) is 5.10 Å². The van der Waals surface area contributed by atoms with Crippen LogP contribution in [0.3, 0.4) is 0 Å². The van der Waals surface area contributed by atoms with Crippen LogP contribution in [-0.2, 0) is 0 Å². The van der Waals surface area contributed by atoms with Gasteiger partial charge in [0.25, 0.3) is 0 Å². The van der Waals surface area contributed by atoms with Crippen molar-refractivity contribution in [1.82, 2.24) is 25.1 Å². The number of H-pyrrole nitrogens is 1. The molecular formula is C18H16ClFN6. The summed E-state index contributed by atoms with van der Waals surface area (Å²) in [6.07, 6.45) is 1.13. The minimum absolute atomic E-state index is 0. The molecule has 2 N–H and O–H groups in total. The summed E-state index contributed by atoms with van der Waals surface area (Å²) in [5, 5.41) is 11.2. The lowest BCUT2D eigenvalue weighted by molar-refractivity contribution is 0.624. The first-order chi connectivity index (χ1) is 12.5. The average molecular weight is 371 g/mol. The Hall–Kier alpha value is -3.06. The highest BCUT2D eigenvalue weighted by Crippen LogP contribution is 2.29. The highest BCUT2D eigenvalue weighted by molar-refractivity contribution is 6.33. The number of aryl methyl sites for hydroxylation is 1. The first kappa shape index (κ1) is 16.4. The zero-order valence-corrected chi connectivity index (χ0v) is 14.8. The van der Waals surface area contributed by atoms with Crippen molar-refractivity contribution in [1.29, 1.82) is 0 Å². The van der Waals surface area contributed by atoms with E-state index in [1.807, 2.05) is 32.0 Å². The van der Waals surface area contributed by atoms with Gasteiger partial charge in [-0.3, -0.25) is 5.10 Å². The van der Waals surface area contributed by atoms with E-state index in [9.17, 15) is 4.39 Å². The first-order valence-corrected chi connectivity index (χ1v) is 8.27. The zero-order valence-electron chi connectivity index (χ0n) is 14.0. The fourth-order valence-corrected chi connectivity index (χ4v) is 2.82. The van der Waals surface area contributed by atoms with Gasteiger partial charge in [-0.25, -0.2) is 19.3 Å². The molecular weight excluding hydrogens is 355 g/mol. The van der Waals surface area contributed by atoms with Gasteiger partial charge in [-0.1, -0.05) is 23.7 Å². The number of halogens is 2. The summed E-state index contributed by atoms with van der Waals surface area (Å²) in [5.41, 5.74) is 2.84. The van der Waals surface area contributed by atoms with Gasteiger partial charge < -0.3 is 5.32 Å². The van der Waals surface area contributed by atoms with Crippen LogP contribution >= 0.6 is 11.6 Å². The number of hydrogen-bond acceptors (Lipinski definition) is 5. The molecule has 0 saturated heterocycles. The Bertz CT molecular complexity index is 1130. The molecule has 0 atom stereocenters. The maximum Gasteiger partial charge on any atom is 0.183 e. The summed E-state index contributed by atoms with van der Waals surface area (Å²) in [6, 6.07) is 8.75. The Labute approximate surface area is 155 Å². The van der Waals surface area contributed by atoms with E-state index in [1.165, 1.54) is 6.07 Å². The third-order valence-electron chi connectivity index (χ3n) is 4.12. The Morgan fingerprint density at radius 2 is 2.00 bits per heavy atom. The van der Waals surface area contributed by atoms with Crippen LogP contribution in [0.5, 0.6) is 0 Å². The zero-order chi connectivity index (χ0) is 18.3. The van der Waals surface area contributed by atoms with Crippen molar-refractivity contribution in [3.63, 3.8) is 0 Å². The molecule has 0 amide bonds. The van der Waals surface area contributed by atoms with Gasteiger partial charge in [0, 0.05) is 18.2 Å². The van der Waals surface area contributed by atoms with Crippen LogP contribution in [0.15, 0.2) is 36.5 Å². The van der Waals surface area contributed by atoms with Crippen molar-refractivity contribution in [3.8, 4) is 11.4 Å². The highest BCUT2D eigenvalue weighted by Gasteiger charge is 2.14. The summed E-state index contributed by atoms with van der Waals surface area (Å²) in [4.78, 5) is 13.1. The Morgan fingerprint density at radius 1 is 1.19 bits per heavy atom. The van der Waals surface area contributed by atoms with E-state index >= 15 is 0 Å². The van der Waals surface area contributed by atoms with Gasteiger partial charge in [0.2, 0.25) is 0 Å². The van der Waals surface area contributed by atoms with Gasteiger partial charge in [-0.05, 0) is 32.0 Å². The second kappa shape index (κ2) is 6.34. The van der Waals surface area contributed by atoms with Crippen LogP contribution in [0, 0.1) is 19.7 Å². The van der Waals surface area contributed by atoms with Crippen molar-refractivity contribution in [2.45, 2.75) is 13.8 Å². The smallest absolute Gasteiger partial charge is 0.183 e. The summed E-state index contributed by atoms with van der Waals surface area (Å²) in [5.74, 6) is 1.17. The molecule has 132 valence electrons. The topological polar surface area (TPSA) is 79.4 Å². The monoisotopic (exact) mass is 370 g/mol. The highest BCUT2D eigenvalue weighted by atomic mass is 35.5. The number of benzene rings is 1. The second-order valence-corrected chi connectivity index (χ2v) is 6.24. The number of pyridine rings is 1. The van der Waals surface area contributed by atoms with Gasteiger partial charge in [0.1, 0.15) is 17.5 Å². The maximum absolute atomic E-state index is 13.5. The summed E-state index contributed by atoms with van der Waals surface area (Å²) in [7, 11) is 0. The Morgan fingerprint density at radius 3 is 2.81 bits per heavy atom. The molecule has 0 radical (unpaired) electrons. The number of aromatic amines is 1. The van der Waals surface area contributed by atoms with E-state index in [2.05, 4.69) is 30.5 Å². The number of rotatable bonds is 3. The van der Waals surface area contributed by atoms with Crippen LogP contribution in [0.25, 0.3) is 22.4 Å². The minimum Gasteiger partial charge on any atom is -0.324 e. The molecule has 0 bridgehead atoms. The molecule has 0 saturated carbocycles.